The number of rotatable bonds is 2. The van der Waals surface area contributed by atoms with Crippen LogP contribution >= 0.6 is 11.6 Å². The molecule has 0 amide bonds. The van der Waals surface area contributed by atoms with E-state index in [-0.39, 0.29) is 16.4 Å². The number of aromatic nitrogens is 3. The highest BCUT2D eigenvalue weighted by Gasteiger charge is 2.30. The lowest BCUT2D eigenvalue weighted by molar-refractivity contribution is 0.365. The molecule has 1 heterocycles. The molecule has 0 saturated carbocycles. The van der Waals surface area contributed by atoms with Gasteiger partial charge in [0.2, 0.25) is 0 Å². The molecule has 1 aromatic heterocycles. The SMILES string of the molecule is CC(C)(C)n1c(-c2ccc(Cl)cc2F)nnc1S(N)(=O)=O. The van der Waals surface area contributed by atoms with Gasteiger partial charge in [0.15, 0.2) is 5.82 Å². The molecule has 0 spiro atoms. The Bertz CT molecular complexity index is 796. The van der Waals surface area contributed by atoms with E-state index in [1.165, 1.54) is 16.7 Å². The molecule has 114 valence electrons. The van der Waals surface area contributed by atoms with E-state index in [1.807, 2.05) is 0 Å². The predicted octanol–water partition coefficient (Wildman–Crippen LogP) is 2.14. The van der Waals surface area contributed by atoms with E-state index in [1.54, 1.807) is 20.8 Å². The number of benzene rings is 1. The van der Waals surface area contributed by atoms with Crippen molar-refractivity contribution in [2.24, 2.45) is 5.14 Å². The number of hydrogen-bond acceptors (Lipinski definition) is 4. The van der Waals surface area contributed by atoms with Gasteiger partial charge in [-0.15, -0.1) is 10.2 Å². The fraction of sp³-hybridized carbons (Fsp3) is 0.333. The van der Waals surface area contributed by atoms with Crippen LogP contribution in [0.25, 0.3) is 11.4 Å². The molecule has 2 aromatic rings. The van der Waals surface area contributed by atoms with Crippen molar-refractivity contribution in [3.05, 3.63) is 29.0 Å². The maximum atomic E-state index is 14.1. The Kier molecular flexibility index (Phi) is 3.81. The first-order chi connectivity index (χ1) is 9.51. The Labute approximate surface area is 126 Å². The van der Waals surface area contributed by atoms with Crippen molar-refractivity contribution in [2.75, 3.05) is 0 Å². The van der Waals surface area contributed by atoms with Crippen LogP contribution in [0.2, 0.25) is 5.02 Å². The van der Waals surface area contributed by atoms with Crippen LogP contribution in [0.15, 0.2) is 23.4 Å². The quantitative estimate of drug-likeness (QED) is 0.912. The second-order valence-corrected chi connectivity index (χ2v) is 7.37. The first-order valence-corrected chi connectivity index (χ1v) is 7.88. The Balaban J connectivity index is 2.80. The van der Waals surface area contributed by atoms with Crippen LogP contribution in [0, 0.1) is 5.82 Å². The number of primary sulfonamides is 1. The summed E-state index contributed by atoms with van der Waals surface area (Å²) in [4.78, 5) is 0. The van der Waals surface area contributed by atoms with E-state index in [9.17, 15) is 12.8 Å². The van der Waals surface area contributed by atoms with Gasteiger partial charge in [-0.05, 0) is 39.0 Å². The van der Waals surface area contributed by atoms with Crippen molar-refractivity contribution in [3.8, 4) is 11.4 Å². The van der Waals surface area contributed by atoms with Gasteiger partial charge < -0.3 is 0 Å². The molecule has 6 nitrogen and oxygen atoms in total. The summed E-state index contributed by atoms with van der Waals surface area (Å²) in [7, 11) is -4.08. The molecular weight excluding hydrogens is 319 g/mol. The molecule has 21 heavy (non-hydrogen) atoms. The van der Waals surface area contributed by atoms with E-state index in [4.69, 9.17) is 16.7 Å². The van der Waals surface area contributed by atoms with Crippen molar-refractivity contribution in [3.63, 3.8) is 0 Å². The highest BCUT2D eigenvalue weighted by molar-refractivity contribution is 7.89. The molecule has 0 aliphatic carbocycles. The minimum absolute atomic E-state index is 0.0701. The molecule has 2 N–H and O–H groups in total. The maximum Gasteiger partial charge on any atom is 0.273 e. The minimum Gasteiger partial charge on any atom is -0.291 e. The Morgan fingerprint density at radius 2 is 1.90 bits per heavy atom. The van der Waals surface area contributed by atoms with Crippen molar-refractivity contribution >= 4 is 21.6 Å². The number of nitrogens with two attached hydrogens (primary N) is 1. The zero-order valence-corrected chi connectivity index (χ0v) is 13.2. The fourth-order valence-electron chi connectivity index (χ4n) is 1.90. The molecular formula is C12H14ClFN4O2S. The highest BCUT2D eigenvalue weighted by atomic mass is 35.5. The van der Waals surface area contributed by atoms with Gasteiger partial charge >= 0.3 is 0 Å². The molecule has 0 unspecified atom stereocenters. The Morgan fingerprint density at radius 3 is 2.38 bits per heavy atom. The average molecular weight is 333 g/mol. The molecule has 0 fully saturated rings. The van der Waals surface area contributed by atoms with Gasteiger partial charge in [-0.25, -0.2) is 17.9 Å². The van der Waals surface area contributed by atoms with Crippen LogP contribution in [0.3, 0.4) is 0 Å². The average Bonchev–Trinajstić information content (AvgIpc) is 2.72. The minimum atomic E-state index is -4.08. The first-order valence-electron chi connectivity index (χ1n) is 5.96. The van der Waals surface area contributed by atoms with Crippen LogP contribution in [0.5, 0.6) is 0 Å². The molecule has 0 radical (unpaired) electrons. The largest absolute Gasteiger partial charge is 0.291 e. The Hall–Kier alpha value is -1.51. The van der Waals surface area contributed by atoms with Crippen LogP contribution in [0.1, 0.15) is 20.8 Å². The van der Waals surface area contributed by atoms with Crippen molar-refractivity contribution in [2.45, 2.75) is 31.5 Å². The molecule has 0 aliphatic rings. The highest BCUT2D eigenvalue weighted by Crippen LogP contribution is 2.30. The van der Waals surface area contributed by atoms with Gasteiger partial charge in [0.1, 0.15) is 5.82 Å². The fourth-order valence-corrected chi connectivity index (χ4v) is 2.83. The third-order valence-corrected chi connectivity index (χ3v) is 3.74. The van der Waals surface area contributed by atoms with Crippen LogP contribution in [-0.2, 0) is 15.6 Å². The van der Waals surface area contributed by atoms with Gasteiger partial charge in [-0.2, -0.15) is 0 Å². The molecule has 0 atom stereocenters. The van der Waals surface area contributed by atoms with Crippen LogP contribution in [0.4, 0.5) is 4.39 Å². The number of sulfonamides is 1. The topological polar surface area (TPSA) is 90.9 Å². The Morgan fingerprint density at radius 1 is 1.29 bits per heavy atom. The van der Waals surface area contributed by atoms with E-state index in [0.717, 1.165) is 6.07 Å². The summed E-state index contributed by atoms with van der Waals surface area (Å²) >= 11 is 5.71. The summed E-state index contributed by atoms with van der Waals surface area (Å²) in [5.41, 5.74) is -0.621. The summed E-state index contributed by atoms with van der Waals surface area (Å²) in [5, 5.41) is 12.3. The van der Waals surface area contributed by atoms with Gasteiger partial charge in [0.25, 0.3) is 15.2 Å². The molecule has 2 rings (SSSR count). The van der Waals surface area contributed by atoms with E-state index in [0.29, 0.717) is 0 Å². The number of nitrogens with zero attached hydrogens (tertiary/aromatic N) is 3. The van der Waals surface area contributed by atoms with Crippen molar-refractivity contribution < 1.29 is 12.8 Å². The maximum absolute atomic E-state index is 14.1. The van der Waals surface area contributed by atoms with E-state index >= 15 is 0 Å². The monoisotopic (exact) mass is 332 g/mol. The number of halogens is 2. The van der Waals surface area contributed by atoms with Gasteiger partial charge in [-0.3, -0.25) is 4.57 Å². The zero-order valence-electron chi connectivity index (χ0n) is 11.6. The second kappa shape index (κ2) is 5.04. The molecule has 0 bridgehead atoms. The van der Waals surface area contributed by atoms with Gasteiger partial charge in [0, 0.05) is 10.6 Å². The van der Waals surface area contributed by atoms with E-state index in [2.05, 4.69) is 10.2 Å². The molecule has 1 aromatic carbocycles. The predicted molar refractivity (Wildman–Crippen MR) is 76.8 cm³/mol. The molecule has 9 heteroatoms. The first kappa shape index (κ1) is 15.9. The number of hydrogen-bond donors (Lipinski definition) is 1. The third-order valence-electron chi connectivity index (χ3n) is 2.73. The van der Waals surface area contributed by atoms with Crippen molar-refractivity contribution in [1.29, 1.82) is 0 Å². The van der Waals surface area contributed by atoms with Gasteiger partial charge in [-0.1, -0.05) is 11.6 Å². The smallest absolute Gasteiger partial charge is 0.273 e. The molecule has 0 saturated heterocycles. The van der Waals surface area contributed by atoms with Crippen LogP contribution in [-0.4, -0.2) is 23.2 Å². The lowest BCUT2D eigenvalue weighted by Gasteiger charge is -2.24. The summed E-state index contributed by atoms with van der Waals surface area (Å²) in [6, 6.07) is 4.02. The van der Waals surface area contributed by atoms with Crippen LogP contribution < -0.4 is 5.14 Å². The lowest BCUT2D eigenvalue weighted by atomic mass is 10.1. The third kappa shape index (κ3) is 3.07. The lowest BCUT2D eigenvalue weighted by Crippen LogP contribution is -2.29. The standard InChI is InChI=1S/C12H14ClFN4O2S/c1-12(2,3)18-10(16-17-11(18)21(15,19)20)8-5-4-7(13)6-9(8)14/h4-6H,1-3H3,(H2,15,19,20). The van der Waals surface area contributed by atoms with Crippen molar-refractivity contribution in [1.82, 2.24) is 14.8 Å². The normalized spacial score (nSPS) is 12.7. The summed E-state index contributed by atoms with van der Waals surface area (Å²) in [6.07, 6.45) is 0. The van der Waals surface area contributed by atoms with Gasteiger partial charge in [0.05, 0.1) is 5.56 Å². The molecule has 0 aliphatic heterocycles. The summed E-state index contributed by atoms with van der Waals surface area (Å²) < 4.78 is 38.6. The van der Waals surface area contributed by atoms with E-state index < -0.39 is 26.5 Å². The summed E-state index contributed by atoms with van der Waals surface area (Å²) in [5.74, 6) is -0.554. The second-order valence-electron chi connectivity index (χ2n) is 5.48. The zero-order chi connectivity index (χ0) is 16.0. The summed E-state index contributed by atoms with van der Waals surface area (Å²) in [6.45, 7) is 5.22.